The van der Waals surface area contributed by atoms with Crippen molar-refractivity contribution in [2.24, 2.45) is 5.73 Å². The number of aromatic amines is 1. The zero-order valence-corrected chi connectivity index (χ0v) is 21.1. The molecule has 1 saturated heterocycles. The Kier molecular flexibility index (Phi) is 7.00. The highest BCUT2D eigenvalue weighted by molar-refractivity contribution is 7.91. The van der Waals surface area contributed by atoms with Crippen LogP contribution in [0.1, 0.15) is 29.6 Å². The molecule has 0 spiro atoms. The number of nitrogens with two attached hydrogens (primary N) is 1. The van der Waals surface area contributed by atoms with E-state index in [4.69, 9.17) is 31.5 Å². The first kappa shape index (κ1) is 25.0. The summed E-state index contributed by atoms with van der Waals surface area (Å²) in [6.07, 6.45) is 7.20. The molecule has 37 heavy (non-hydrogen) atoms. The second kappa shape index (κ2) is 10.4. The minimum atomic E-state index is -4.29. The summed E-state index contributed by atoms with van der Waals surface area (Å²) >= 11 is 6.36. The van der Waals surface area contributed by atoms with Gasteiger partial charge in [0.05, 0.1) is 34.4 Å². The second-order valence-electron chi connectivity index (χ2n) is 8.41. The van der Waals surface area contributed by atoms with Crippen LogP contribution in [0.5, 0.6) is 17.4 Å². The van der Waals surface area contributed by atoms with Crippen LogP contribution in [-0.2, 0) is 14.6 Å². The van der Waals surface area contributed by atoms with E-state index in [-0.39, 0.29) is 39.0 Å². The number of primary amides is 1. The number of H-pyrrole nitrogens is 1. The summed E-state index contributed by atoms with van der Waals surface area (Å²) in [6, 6.07) is 8.82. The van der Waals surface area contributed by atoms with Gasteiger partial charge in [0.2, 0.25) is 15.7 Å². The molecule has 1 aliphatic heterocycles. The number of nitrogens with one attached hydrogen (secondary N) is 1. The standard InChI is InChI=1S/C25H23ClN4O6S/c26-20-5-4-19(24(27)31)22(36-17-12-15-7-9-28-25(15)30-13-17)23(20)37(32,33)18-3-6-21(29-14-18)35-11-8-16-2-1-10-34-16/h3-7,9,12-14,16H,1-2,8,10-11H2,(H2,27,31)(H,28,30). The number of carbonyl (C=O) groups excluding carboxylic acids is 1. The van der Waals surface area contributed by atoms with Crippen LogP contribution in [0.25, 0.3) is 11.0 Å². The number of hydrogen-bond donors (Lipinski definition) is 2. The van der Waals surface area contributed by atoms with Crippen molar-refractivity contribution in [1.29, 1.82) is 0 Å². The molecule has 1 amide bonds. The summed E-state index contributed by atoms with van der Waals surface area (Å²) in [6.45, 7) is 1.16. The Morgan fingerprint density at radius 3 is 2.78 bits per heavy atom. The predicted octanol–water partition coefficient (Wildman–Crippen LogP) is 4.28. The van der Waals surface area contributed by atoms with Gasteiger partial charge < -0.3 is 24.9 Å². The normalized spacial score (nSPS) is 15.6. The fraction of sp³-hybridized carbons (Fsp3) is 0.240. The van der Waals surface area contributed by atoms with E-state index in [2.05, 4.69) is 15.0 Å². The van der Waals surface area contributed by atoms with E-state index in [1.54, 1.807) is 18.3 Å². The summed E-state index contributed by atoms with van der Waals surface area (Å²) in [7, 11) is -4.29. The number of aromatic nitrogens is 3. The highest BCUT2D eigenvalue weighted by atomic mass is 35.5. The minimum absolute atomic E-state index is 0.146. The quantitative estimate of drug-likeness (QED) is 0.318. The Bertz CT molecular complexity index is 1550. The van der Waals surface area contributed by atoms with Crippen molar-refractivity contribution in [2.75, 3.05) is 13.2 Å². The lowest BCUT2D eigenvalue weighted by molar-refractivity contribution is 0.0896. The van der Waals surface area contributed by atoms with Crippen LogP contribution in [0.3, 0.4) is 0 Å². The average Bonchev–Trinajstić information content (AvgIpc) is 3.56. The van der Waals surface area contributed by atoms with Gasteiger partial charge in [-0.3, -0.25) is 4.79 Å². The predicted molar refractivity (Wildman–Crippen MR) is 135 cm³/mol. The molecule has 1 atom stereocenters. The molecule has 3 aromatic heterocycles. The van der Waals surface area contributed by atoms with Gasteiger partial charge in [-0.25, -0.2) is 18.4 Å². The van der Waals surface area contributed by atoms with Crippen molar-refractivity contribution in [3.05, 3.63) is 65.6 Å². The van der Waals surface area contributed by atoms with Gasteiger partial charge in [0.25, 0.3) is 5.91 Å². The zero-order valence-electron chi connectivity index (χ0n) is 19.5. The van der Waals surface area contributed by atoms with Crippen molar-refractivity contribution in [2.45, 2.75) is 35.2 Å². The number of hydrogen-bond acceptors (Lipinski definition) is 8. The first-order valence-electron chi connectivity index (χ1n) is 11.5. The number of pyridine rings is 2. The summed E-state index contributed by atoms with van der Waals surface area (Å²) in [5.41, 5.74) is 6.00. The highest BCUT2D eigenvalue weighted by Gasteiger charge is 2.30. The van der Waals surface area contributed by atoms with Crippen molar-refractivity contribution in [3.63, 3.8) is 0 Å². The molecular formula is C25H23ClN4O6S. The minimum Gasteiger partial charge on any atom is -0.478 e. The lowest BCUT2D eigenvalue weighted by atomic mass is 10.2. The molecule has 0 aliphatic carbocycles. The van der Waals surface area contributed by atoms with E-state index in [1.165, 1.54) is 36.7 Å². The topological polar surface area (TPSA) is 146 Å². The van der Waals surface area contributed by atoms with E-state index in [0.717, 1.165) is 31.3 Å². The van der Waals surface area contributed by atoms with Crippen molar-refractivity contribution >= 4 is 38.4 Å². The molecule has 1 fully saturated rings. The lowest BCUT2D eigenvalue weighted by Gasteiger charge is -2.16. The number of fused-ring (bicyclic) bond motifs is 1. The van der Waals surface area contributed by atoms with Crippen LogP contribution in [-0.4, -0.2) is 48.6 Å². The number of amides is 1. The Balaban J connectivity index is 1.46. The first-order valence-corrected chi connectivity index (χ1v) is 13.4. The van der Waals surface area contributed by atoms with Crippen molar-refractivity contribution in [3.8, 4) is 17.4 Å². The molecule has 0 bridgehead atoms. The van der Waals surface area contributed by atoms with Gasteiger partial charge in [0.15, 0.2) is 5.75 Å². The molecule has 4 aromatic rings. The molecule has 1 aromatic carbocycles. The molecule has 10 nitrogen and oxygen atoms in total. The second-order valence-corrected chi connectivity index (χ2v) is 10.7. The Morgan fingerprint density at radius 2 is 2.05 bits per heavy atom. The molecule has 5 rings (SSSR count). The molecule has 3 N–H and O–H groups in total. The van der Waals surface area contributed by atoms with Crippen LogP contribution >= 0.6 is 11.6 Å². The van der Waals surface area contributed by atoms with E-state index >= 15 is 0 Å². The Morgan fingerprint density at radius 1 is 1.19 bits per heavy atom. The van der Waals surface area contributed by atoms with Crippen LogP contribution in [0, 0.1) is 0 Å². The average molecular weight is 543 g/mol. The van der Waals surface area contributed by atoms with Gasteiger partial charge in [-0.15, -0.1) is 0 Å². The number of benzene rings is 1. The number of halogens is 1. The maximum absolute atomic E-state index is 13.7. The zero-order chi connectivity index (χ0) is 26.0. The summed E-state index contributed by atoms with van der Waals surface area (Å²) in [5.74, 6) is -0.710. The molecular weight excluding hydrogens is 520 g/mol. The third-order valence-corrected chi connectivity index (χ3v) is 8.16. The van der Waals surface area contributed by atoms with Crippen molar-refractivity contribution < 1.29 is 27.4 Å². The molecule has 0 radical (unpaired) electrons. The molecule has 1 unspecified atom stereocenters. The maximum Gasteiger partial charge on any atom is 0.252 e. The lowest BCUT2D eigenvalue weighted by Crippen LogP contribution is -2.15. The number of sulfone groups is 1. The van der Waals surface area contributed by atoms with Gasteiger partial charge in [0.1, 0.15) is 16.3 Å². The number of carbonyl (C=O) groups is 1. The monoisotopic (exact) mass is 542 g/mol. The summed E-state index contributed by atoms with van der Waals surface area (Å²) in [5, 5.41) is 0.580. The third kappa shape index (κ3) is 5.24. The van der Waals surface area contributed by atoms with E-state index in [0.29, 0.717) is 12.3 Å². The van der Waals surface area contributed by atoms with Crippen LogP contribution in [0.2, 0.25) is 5.02 Å². The van der Waals surface area contributed by atoms with E-state index < -0.39 is 20.6 Å². The maximum atomic E-state index is 13.7. The largest absolute Gasteiger partial charge is 0.478 e. The molecule has 192 valence electrons. The third-order valence-electron chi connectivity index (χ3n) is 5.93. The Labute approximate surface area is 217 Å². The Hall–Kier alpha value is -3.67. The fourth-order valence-corrected chi connectivity index (χ4v) is 5.92. The van der Waals surface area contributed by atoms with Gasteiger partial charge in [-0.2, -0.15) is 0 Å². The number of ether oxygens (including phenoxy) is 3. The first-order chi connectivity index (χ1) is 17.8. The number of rotatable bonds is 9. The summed E-state index contributed by atoms with van der Waals surface area (Å²) < 4.78 is 44.5. The smallest absolute Gasteiger partial charge is 0.252 e. The van der Waals surface area contributed by atoms with Gasteiger partial charge >= 0.3 is 0 Å². The highest BCUT2D eigenvalue weighted by Crippen LogP contribution is 2.40. The van der Waals surface area contributed by atoms with Crippen LogP contribution < -0.4 is 15.2 Å². The molecule has 1 aliphatic rings. The van der Waals surface area contributed by atoms with Crippen molar-refractivity contribution in [1.82, 2.24) is 15.0 Å². The molecule has 4 heterocycles. The van der Waals surface area contributed by atoms with Gasteiger partial charge in [0, 0.05) is 36.9 Å². The SMILES string of the molecule is NC(=O)c1ccc(Cl)c(S(=O)(=O)c2ccc(OCCC3CCCO3)nc2)c1Oc1cnc2[nH]ccc2c1. The van der Waals surface area contributed by atoms with Gasteiger partial charge in [-0.05, 0) is 43.2 Å². The fourth-order valence-electron chi connectivity index (χ4n) is 4.07. The van der Waals surface area contributed by atoms with Crippen LogP contribution in [0.4, 0.5) is 0 Å². The van der Waals surface area contributed by atoms with Crippen LogP contribution in [0.15, 0.2) is 64.8 Å². The van der Waals surface area contributed by atoms with Gasteiger partial charge in [-0.1, -0.05) is 11.6 Å². The summed E-state index contributed by atoms with van der Waals surface area (Å²) in [4.78, 5) is 22.9. The van der Waals surface area contributed by atoms with E-state index in [9.17, 15) is 13.2 Å². The number of nitrogens with zero attached hydrogens (tertiary/aromatic N) is 2. The molecule has 0 saturated carbocycles. The molecule has 12 heteroatoms. The van der Waals surface area contributed by atoms with E-state index in [1.807, 2.05) is 0 Å².